The van der Waals surface area contributed by atoms with E-state index in [-0.39, 0.29) is 0 Å². The molecule has 1 fully saturated rings. The molecular weight excluding hydrogens is 176 g/mol. The molecule has 0 spiro atoms. The van der Waals surface area contributed by atoms with Gasteiger partial charge >= 0.3 is 0 Å². The van der Waals surface area contributed by atoms with Crippen LogP contribution in [0.5, 0.6) is 0 Å². The van der Waals surface area contributed by atoms with Gasteiger partial charge in [0.25, 0.3) is 0 Å². The van der Waals surface area contributed by atoms with E-state index in [4.69, 9.17) is 0 Å². The van der Waals surface area contributed by atoms with Gasteiger partial charge in [-0.15, -0.1) is 0 Å². The van der Waals surface area contributed by atoms with E-state index >= 15 is 0 Å². The standard InChI is InChI=1S/C11H24N2O/c1-11(2,14)9-13-7-5-6-10(13)8-12(3)4/h10,14H,5-9H2,1-4H3. The molecule has 0 aliphatic carbocycles. The maximum Gasteiger partial charge on any atom is 0.0718 e. The Kier molecular flexibility index (Phi) is 3.93. The molecular formula is C11H24N2O. The summed E-state index contributed by atoms with van der Waals surface area (Å²) < 4.78 is 0. The molecule has 1 aliphatic heterocycles. The third-order valence-corrected chi connectivity index (χ3v) is 2.66. The minimum atomic E-state index is -0.561. The molecule has 1 aliphatic rings. The molecule has 1 saturated heterocycles. The normalized spacial score (nSPS) is 24.9. The number of hydrogen-bond donors (Lipinski definition) is 1. The van der Waals surface area contributed by atoms with Crippen LogP contribution in [0, 0.1) is 0 Å². The second kappa shape index (κ2) is 4.60. The van der Waals surface area contributed by atoms with E-state index in [0.29, 0.717) is 6.04 Å². The molecule has 3 heteroatoms. The molecule has 0 amide bonds. The highest BCUT2D eigenvalue weighted by Crippen LogP contribution is 2.20. The maximum absolute atomic E-state index is 9.77. The molecule has 1 unspecified atom stereocenters. The number of β-amino-alcohol motifs (C(OH)–C–C–N with tert-alkyl or cyclic N) is 1. The molecule has 0 aromatic heterocycles. The van der Waals surface area contributed by atoms with E-state index in [1.54, 1.807) is 0 Å². The predicted octanol–water partition coefficient (Wildman–Crippen LogP) is 0.783. The van der Waals surface area contributed by atoms with Gasteiger partial charge in [-0.05, 0) is 47.3 Å². The summed E-state index contributed by atoms with van der Waals surface area (Å²) >= 11 is 0. The van der Waals surface area contributed by atoms with Crippen LogP contribution in [0.15, 0.2) is 0 Å². The van der Waals surface area contributed by atoms with Crippen LogP contribution in [0.2, 0.25) is 0 Å². The highest BCUT2D eigenvalue weighted by atomic mass is 16.3. The lowest BCUT2D eigenvalue weighted by molar-refractivity contribution is 0.0287. The first-order valence-corrected chi connectivity index (χ1v) is 5.49. The zero-order valence-electron chi connectivity index (χ0n) is 9.95. The zero-order valence-corrected chi connectivity index (χ0v) is 9.95. The molecule has 0 aromatic rings. The van der Waals surface area contributed by atoms with Gasteiger partial charge < -0.3 is 10.0 Å². The van der Waals surface area contributed by atoms with Gasteiger partial charge in [0, 0.05) is 19.1 Å². The van der Waals surface area contributed by atoms with Crippen LogP contribution in [0.1, 0.15) is 26.7 Å². The Morgan fingerprint density at radius 2 is 2.07 bits per heavy atom. The van der Waals surface area contributed by atoms with Crippen LogP contribution in [0.3, 0.4) is 0 Å². The summed E-state index contributed by atoms with van der Waals surface area (Å²) in [5.41, 5.74) is -0.561. The summed E-state index contributed by atoms with van der Waals surface area (Å²) in [6.45, 7) is 6.82. The molecule has 0 radical (unpaired) electrons. The van der Waals surface area contributed by atoms with Gasteiger partial charge in [-0.2, -0.15) is 0 Å². The van der Waals surface area contributed by atoms with Crippen LogP contribution in [-0.2, 0) is 0 Å². The van der Waals surface area contributed by atoms with Crippen LogP contribution < -0.4 is 0 Å². The van der Waals surface area contributed by atoms with Crippen molar-refractivity contribution in [2.24, 2.45) is 0 Å². The van der Waals surface area contributed by atoms with Crippen LogP contribution in [0.25, 0.3) is 0 Å². The highest BCUT2D eigenvalue weighted by Gasteiger charge is 2.28. The van der Waals surface area contributed by atoms with Crippen molar-refractivity contribution in [3.05, 3.63) is 0 Å². The Morgan fingerprint density at radius 1 is 1.43 bits per heavy atom. The van der Waals surface area contributed by atoms with Gasteiger partial charge in [-0.3, -0.25) is 4.90 Å². The van der Waals surface area contributed by atoms with Crippen molar-refractivity contribution in [1.29, 1.82) is 0 Å². The Hall–Kier alpha value is -0.120. The Bertz CT molecular complexity index is 175. The Morgan fingerprint density at radius 3 is 2.57 bits per heavy atom. The predicted molar refractivity (Wildman–Crippen MR) is 59.4 cm³/mol. The van der Waals surface area contributed by atoms with Crippen molar-refractivity contribution in [1.82, 2.24) is 9.80 Å². The van der Waals surface area contributed by atoms with E-state index in [2.05, 4.69) is 23.9 Å². The van der Waals surface area contributed by atoms with E-state index in [0.717, 1.165) is 19.6 Å². The summed E-state index contributed by atoms with van der Waals surface area (Å²) in [4.78, 5) is 4.65. The summed E-state index contributed by atoms with van der Waals surface area (Å²) in [7, 11) is 4.22. The largest absolute Gasteiger partial charge is 0.389 e. The number of likely N-dealkylation sites (N-methyl/N-ethyl adjacent to an activating group) is 1. The van der Waals surface area contributed by atoms with E-state index < -0.39 is 5.60 Å². The molecule has 1 rings (SSSR count). The van der Waals surface area contributed by atoms with Gasteiger partial charge in [0.1, 0.15) is 0 Å². The van der Waals surface area contributed by atoms with Crippen molar-refractivity contribution in [3.8, 4) is 0 Å². The first kappa shape index (κ1) is 12.0. The van der Waals surface area contributed by atoms with Gasteiger partial charge in [0.15, 0.2) is 0 Å². The third kappa shape index (κ3) is 3.95. The van der Waals surface area contributed by atoms with Crippen molar-refractivity contribution in [2.45, 2.75) is 38.3 Å². The minimum absolute atomic E-state index is 0.561. The summed E-state index contributed by atoms with van der Waals surface area (Å²) in [6, 6.07) is 0.636. The van der Waals surface area contributed by atoms with Crippen molar-refractivity contribution >= 4 is 0 Å². The SMILES string of the molecule is CN(C)CC1CCCN1CC(C)(C)O. The zero-order chi connectivity index (χ0) is 10.8. The molecule has 3 nitrogen and oxygen atoms in total. The van der Waals surface area contributed by atoms with Gasteiger partial charge in [0.05, 0.1) is 5.60 Å². The molecule has 0 saturated carbocycles. The monoisotopic (exact) mass is 200 g/mol. The average Bonchev–Trinajstić information content (AvgIpc) is 2.32. The van der Waals surface area contributed by atoms with E-state index in [1.807, 2.05) is 13.8 Å². The maximum atomic E-state index is 9.77. The lowest BCUT2D eigenvalue weighted by Crippen LogP contribution is -2.44. The quantitative estimate of drug-likeness (QED) is 0.726. The summed E-state index contributed by atoms with van der Waals surface area (Å²) in [6.07, 6.45) is 2.54. The number of aliphatic hydroxyl groups is 1. The minimum Gasteiger partial charge on any atom is -0.389 e. The van der Waals surface area contributed by atoms with Crippen molar-refractivity contribution < 1.29 is 5.11 Å². The van der Waals surface area contributed by atoms with Crippen molar-refractivity contribution in [2.75, 3.05) is 33.7 Å². The third-order valence-electron chi connectivity index (χ3n) is 2.66. The van der Waals surface area contributed by atoms with E-state index in [1.165, 1.54) is 12.8 Å². The Labute approximate surface area is 87.7 Å². The lowest BCUT2D eigenvalue weighted by atomic mass is 10.1. The highest BCUT2D eigenvalue weighted by molar-refractivity contribution is 4.84. The fraction of sp³-hybridized carbons (Fsp3) is 1.00. The first-order chi connectivity index (χ1) is 6.38. The number of hydrogen-bond acceptors (Lipinski definition) is 3. The van der Waals surface area contributed by atoms with Gasteiger partial charge in [-0.1, -0.05) is 0 Å². The molecule has 1 heterocycles. The second-order valence-corrected chi connectivity index (χ2v) is 5.34. The molecule has 84 valence electrons. The van der Waals surface area contributed by atoms with Gasteiger partial charge in [-0.25, -0.2) is 0 Å². The molecule has 1 atom stereocenters. The first-order valence-electron chi connectivity index (χ1n) is 5.49. The van der Waals surface area contributed by atoms with Crippen LogP contribution in [-0.4, -0.2) is 60.3 Å². The van der Waals surface area contributed by atoms with Crippen molar-refractivity contribution in [3.63, 3.8) is 0 Å². The molecule has 0 aromatic carbocycles. The second-order valence-electron chi connectivity index (χ2n) is 5.34. The topological polar surface area (TPSA) is 26.7 Å². The fourth-order valence-electron chi connectivity index (χ4n) is 2.23. The summed E-state index contributed by atoms with van der Waals surface area (Å²) in [5.74, 6) is 0. The molecule has 14 heavy (non-hydrogen) atoms. The number of nitrogens with zero attached hydrogens (tertiary/aromatic N) is 2. The lowest BCUT2D eigenvalue weighted by Gasteiger charge is -2.31. The average molecular weight is 200 g/mol. The van der Waals surface area contributed by atoms with Crippen LogP contribution in [0.4, 0.5) is 0 Å². The van der Waals surface area contributed by atoms with Gasteiger partial charge in [0.2, 0.25) is 0 Å². The Balaban J connectivity index is 2.43. The fourth-order valence-corrected chi connectivity index (χ4v) is 2.23. The smallest absolute Gasteiger partial charge is 0.0718 e. The number of rotatable bonds is 4. The molecule has 0 bridgehead atoms. The number of likely N-dealkylation sites (tertiary alicyclic amines) is 1. The van der Waals surface area contributed by atoms with Crippen LogP contribution >= 0.6 is 0 Å². The summed E-state index contributed by atoms with van der Waals surface area (Å²) in [5, 5.41) is 9.77. The molecule has 1 N–H and O–H groups in total. The van der Waals surface area contributed by atoms with E-state index in [9.17, 15) is 5.11 Å².